The molecule has 0 saturated heterocycles. The molecule has 2 aromatic rings. The highest BCUT2D eigenvalue weighted by Gasteiger charge is 2.12. The molecule has 5 nitrogen and oxygen atoms in total. The lowest BCUT2D eigenvalue weighted by Crippen LogP contribution is -2.03. The third-order valence-electron chi connectivity index (χ3n) is 2.24. The van der Waals surface area contributed by atoms with Crippen LogP contribution in [0, 0.1) is 0 Å². The summed E-state index contributed by atoms with van der Waals surface area (Å²) in [7, 11) is 1.61. The van der Waals surface area contributed by atoms with Crippen LogP contribution in [0.5, 0.6) is 5.75 Å². The first-order chi connectivity index (χ1) is 8.24. The number of hydrogen-bond donors (Lipinski definition) is 1. The molecular formula is C11H12BrN3O2. The van der Waals surface area contributed by atoms with E-state index in [1.165, 1.54) is 0 Å². The molecule has 0 aliphatic rings. The standard InChI is InChI=1S/C11H12BrN3O2/c1-16-7-2-3-9(12)8(6-7)11-14-10(4-5-13)15-17-11/h2-3,6H,4-5,13H2,1H3. The highest BCUT2D eigenvalue weighted by Crippen LogP contribution is 2.30. The fourth-order valence-corrected chi connectivity index (χ4v) is 1.81. The van der Waals surface area contributed by atoms with E-state index in [1.54, 1.807) is 7.11 Å². The van der Waals surface area contributed by atoms with E-state index >= 15 is 0 Å². The number of rotatable bonds is 4. The molecule has 90 valence electrons. The molecule has 1 heterocycles. The average molecular weight is 298 g/mol. The van der Waals surface area contributed by atoms with Gasteiger partial charge in [-0.15, -0.1) is 0 Å². The number of halogens is 1. The van der Waals surface area contributed by atoms with Crippen molar-refractivity contribution in [3.05, 3.63) is 28.5 Å². The molecule has 2 rings (SSSR count). The molecular weight excluding hydrogens is 286 g/mol. The minimum Gasteiger partial charge on any atom is -0.497 e. The van der Waals surface area contributed by atoms with Gasteiger partial charge in [0.05, 0.1) is 12.7 Å². The number of methoxy groups -OCH3 is 1. The maximum Gasteiger partial charge on any atom is 0.259 e. The van der Waals surface area contributed by atoms with Crippen molar-refractivity contribution in [2.45, 2.75) is 6.42 Å². The first-order valence-electron chi connectivity index (χ1n) is 5.11. The fourth-order valence-electron chi connectivity index (χ4n) is 1.39. The summed E-state index contributed by atoms with van der Waals surface area (Å²) in [5.41, 5.74) is 6.24. The minimum absolute atomic E-state index is 0.458. The molecule has 0 radical (unpaired) electrons. The third kappa shape index (κ3) is 2.65. The molecule has 0 spiro atoms. The molecule has 0 atom stereocenters. The van der Waals surface area contributed by atoms with Crippen molar-refractivity contribution in [3.8, 4) is 17.2 Å². The van der Waals surface area contributed by atoms with Gasteiger partial charge in [-0.05, 0) is 40.7 Å². The largest absolute Gasteiger partial charge is 0.497 e. The van der Waals surface area contributed by atoms with Gasteiger partial charge in [0.1, 0.15) is 5.75 Å². The Labute approximate surface area is 107 Å². The SMILES string of the molecule is COc1ccc(Br)c(-c2nc(CCN)no2)c1. The van der Waals surface area contributed by atoms with Crippen molar-refractivity contribution < 1.29 is 9.26 Å². The molecule has 0 saturated carbocycles. The number of aromatic nitrogens is 2. The topological polar surface area (TPSA) is 74.2 Å². The molecule has 2 N–H and O–H groups in total. The van der Waals surface area contributed by atoms with Crippen LogP contribution in [0.15, 0.2) is 27.2 Å². The van der Waals surface area contributed by atoms with E-state index in [0.717, 1.165) is 15.8 Å². The van der Waals surface area contributed by atoms with Gasteiger partial charge in [0.2, 0.25) is 0 Å². The number of hydrogen-bond acceptors (Lipinski definition) is 5. The molecule has 0 amide bonds. The van der Waals surface area contributed by atoms with Gasteiger partial charge in [-0.25, -0.2) is 0 Å². The van der Waals surface area contributed by atoms with Gasteiger partial charge in [-0.1, -0.05) is 5.16 Å². The van der Waals surface area contributed by atoms with Crippen molar-refractivity contribution in [1.29, 1.82) is 0 Å². The van der Waals surface area contributed by atoms with E-state index in [2.05, 4.69) is 26.1 Å². The lowest BCUT2D eigenvalue weighted by molar-refractivity contribution is 0.412. The van der Waals surface area contributed by atoms with Gasteiger partial charge in [0.15, 0.2) is 5.82 Å². The van der Waals surface area contributed by atoms with Crippen molar-refractivity contribution in [3.63, 3.8) is 0 Å². The van der Waals surface area contributed by atoms with Crippen LogP contribution in [0.1, 0.15) is 5.82 Å². The molecule has 0 aliphatic carbocycles. The van der Waals surface area contributed by atoms with Gasteiger partial charge in [-0.3, -0.25) is 0 Å². The monoisotopic (exact) mass is 297 g/mol. The van der Waals surface area contributed by atoms with Crippen LogP contribution in [0.25, 0.3) is 11.5 Å². The molecule has 17 heavy (non-hydrogen) atoms. The molecule has 1 aromatic heterocycles. The van der Waals surface area contributed by atoms with E-state index in [4.69, 9.17) is 15.0 Å². The lowest BCUT2D eigenvalue weighted by atomic mass is 10.2. The van der Waals surface area contributed by atoms with E-state index in [-0.39, 0.29) is 0 Å². The number of nitrogens with zero attached hydrogens (tertiary/aromatic N) is 2. The van der Waals surface area contributed by atoms with Gasteiger partial charge in [0, 0.05) is 10.9 Å². The third-order valence-corrected chi connectivity index (χ3v) is 2.93. The van der Waals surface area contributed by atoms with Crippen molar-refractivity contribution in [1.82, 2.24) is 10.1 Å². The highest BCUT2D eigenvalue weighted by atomic mass is 79.9. The lowest BCUT2D eigenvalue weighted by Gasteiger charge is -2.02. The van der Waals surface area contributed by atoms with Crippen molar-refractivity contribution in [2.24, 2.45) is 5.73 Å². The van der Waals surface area contributed by atoms with E-state index in [0.29, 0.717) is 24.7 Å². The summed E-state index contributed by atoms with van der Waals surface area (Å²) >= 11 is 3.44. The second kappa shape index (κ2) is 5.29. The highest BCUT2D eigenvalue weighted by molar-refractivity contribution is 9.10. The predicted molar refractivity (Wildman–Crippen MR) is 66.7 cm³/mol. The van der Waals surface area contributed by atoms with E-state index in [1.807, 2.05) is 18.2 Å². The van der Waals surface area contributed by atoms with Gasteiger partial charge in [0.25, 0.3) is 5.89 Å². The van der Waals surface area contributed by atoms with Gasteiger partial charge < -0.3 is 15.0 Å². The predicted octanol–water partition coefficient (Wildman–Crippen LogP) is 2.01. The Balaban J connectivity index is 2.37. The van der Waals surface area contributed by atoms with Crippen molar-refractivity contribution in [2.75, 3.05) is 13.7 Å². The number of benzene rings is 1. The number of ether oxygens (including phenoxy) is 1. The Hall–Kier alpha value is -1.40. The van der Waals surface area contributed by atoms with E-state index < -0.39 is 0 Å². The smallest absolute Gasteiger partial charge is 0.259 e. The Kier molecular flexibility index (Phi) is 3.75. The summed E-state index contributed by atoms with van der Waals surface area (Å²) in [5, 5.41) is 3.85. The second-order valence-corrected chi connectivity index (χ2v) is 4.25. The number of nitrogens with two attached hydrogens (primary N) is 1. The normalized spacial score (nSPS) is 10.5. The average Bonchev–Trinajstić information content (AvgIpc) is 2.79. The van der Waals surface area contributed by atoms with Crippen LogP contribution in [0.3, 0.4) is 0 Å². The second-order valence-electron chi connectivity index (χ2n) is 3.40. The van der Waals surface area contributed by atoms with Crippen LogP contribution in [-0.4, -0.2) is 23.8 Å². The summed E-state index contributed by atoms with van der Waals surface area (Å²) in [5.74, 6) is 1.80. The zero-order valence-electron chi connectivity index (χ0n) is 9.31. The van der Waals surface area contributed by atoms with Crippen LogP contribution in [0.4, 0.5) is 0 Å². The maximum absolute atomic E-state index is 5.43. The Morgan fingerprint density at radius 3 is 3.00 bits per heavy atom. The molecule has 0 aliphatic heterocycles. The zero-order valence-corrected chi connectivity index (χ0v) is 10.9. The summed E-state index contributed by atoms with van der Waals surface area (Å²) in [4.78, 5) is 4.26. The van der Waals surface area contributed by atoms with Crippen LogP contribution < -0.4 is 10.5 Å². The maximum atomic E-state index is 5.43. The molecule has 6 heteroatoms. The zero-order chi connectivity index (χ0) is 12.3. The van der Waals surface area contributed by atoms with E-state index in [9.17, 15) is 0 Å². The molecule has 1 aromatic carbocycles. The molecule has 0 unspecified atom stereocenters. The molecule has 0 bridgehead atoms. The van der Waals surface area contributed by atoms with Crippen LogP contribution in [-0.2, 0) is 6.42 Å². The minimum atomic E-state index is 0.458. The summed E-state index contributed by atoms with van der Waals surface area (Å²) in [6.07, 6.45) is 0.602. The summed E-state index contributed by atoms with van der Waals surface area (Å²) < 4.78 is 11.2. The van der Waals surface area contributed by atoms with Crippen molar-refractivity contribution >= 4 is 15.9 Å². The fraction of sp³-hybridized carbons (Fsp3) is 0.273. The van der Waals surface area contributed by atoms with Crippen LogP contribution >= 0.6 is 15.9 Å². The van der Waals surface area contributed by atoms with Crippen LogP contribution in [0.2, 0.25) is 0 Å². The first-order valence-corrected chi connectivity index (χ1v) is 5.90. The van der Waals surface area contributed by atoms with Gasteiger partial charge >= 0.3 is 0 Å². The first kappa shape index (κ1) is 12.1. The van der Waals surface area contributed by atoms with Gasteiger partial charge in [-0.2, -0.15) is 4.98 Å². The summed E-state index contributed by atoms with van der Waals surface area (Å²) in [6.45, 7) is 0.498. The Bertz CT molecular complexity index is 513. The molecule has 0 fully saturated rings. The summed E-state index contributed by atoms with van der Waals surface area (Å²) in [6, 6.07) is 5.57. The Morgan fingerprint density at radius 2 is 2.29 bits per heavy atom. The quantitative estimate of drug-likeness (QED) is 0.934. The Morgan fingerprint density at radius 1 is 1.47 bits per heavy atom.